The highest BCUT2D eigenvalue weighted by atomic mass is 16.5. The molecule has 0 aromatic heterocycles. The third-order valence-corrected chi connectivity index (χ3v) is 4.78. The van der Waals surface area contributed by atoms with Crippen molar-refractivity contribution in [1.29, 1.82) is 0 Å². The Bertz CT molecular complexity index is 824. The first-order chi connectivity index (χ1) is 14.5. The highest BCUT2D eigenvalue weighted by molar-refractivity contribution is 5.79. The molecule has 0 fully saturated rings. The van der Waals surface area contributed by atoms with Crippen molar-refractivity contribution >= 4 is 5.96 Å². The van der Waals surface area contributed by atoms with Crippen molar-refractivity contribution in [1.82, 2.24) is 15.5 Å². The van der Waals surface area contributed by atoms with E-state index in [9.17, 15) is 0 Å². The van der Waals surface area contributed by atoms with E-state index >= 15 is 0 Å². The van der Waals surface area contributed by atoms with E-state index in [0.717, 1.165) is 23.8 Å². The average molecular weight is 415 g/mol. The van der Waals surface area contributed by atoms with E-state index in [-0.39, 0.29) is 6.04 Å². The molecule has 0 heterocycles. The van der Waals surface area contributed by atoms with Gasteiger partial charge >= 0.3 is 0 Å². The van der Waals surface area contributed by atoms with Crippen molar-refractivity contribution in [3.05, 3.63) is 53.6 Å². The fraction of sp³-hybridized carbons (Fsp3) is 0.435. The van der Waals surface area contributed by atoms with Crippen LogP contribution < -0.4 is 24.8 Å². The molecule has 0 amide bonds. The Kier molecular flexibility index (Phi) is 9.28. The van der Waals surface area contributed by atoms with Crippen LogP contribution in [0.25, 0.3) is 0 Å². The predicted molar refractivity (Wildman–Crippen MR) is 122 cm³/mol. The van der Waals surface area contributed by atoms with Crippen molar-refractivity contribution in [2.75, 3.05) is 48.5 Å². The number of benzene rings is 2. The van der Waals surface area contributed by atoms with Crippen LogP contribution in [0.3, 0.4) is 0 Å². The second-order valence-corrected chi connectivity index (χ2v) is 7.02. The molecule has 1 atom stereocenters. The fourth-order valence-electron chi connectivity index (χ4n) is 3.13. The first-order valence-electron chi connectivity index (χ1n) is 10.1. The average Bonchev–Trinajstić information content (AvgIpc) is 2.77. The lowest BCUT2D eigenvalue weighted by Crippen LogP contribution is -2.41. The smallest absolute Gasteiger partial charge is 0.191 e. The molecule has 164 valence electrons. The lowest BCUT2D eigenvalue weighted by atomic mass is 10.1. The topological polar surface area (TPSA) is 67.4 Å². The molecule has 0 aliphatic rings. The maximum Gasteiger partial charge on any atom is 0.191 e. The molecule has 30 heavy (non-hydrogen) atoms. The molecule has 0 aliphatic heterocycles. The zero-order chi connectivity index (χ0) is 21.9. The summed E-state index contributed by atoms with van der Waals surface area (Å²) in [6.45, 7) is 4.07. The van der Waals surface area contributed by atoms with Gasteiger partial charge in [0.1, 0.15) is 5.75 Å². The summed E-state index contributed by atoms with van der Waals surface area (Å²) in [6.07, 6.45) is 0. The second-order valence-electron chi connectivity index (χ2n) is 7.02. The van der Waals surface area contributed by atoms with Gasteiger partial charge in [-0.15, -0.1) is 0 Å². The van der Waals surface area contributed by atoms with Crippen LogP contribution in [0.15, 0.2) is 47.5 Å². The van der Waals surface area contributed by atoms with Gasteiger partial charge in [0.25, 0.3) is 0 Å². The van der Waals surface area contributed by atoms with Gasteiger partial charge in [-0.05, 0) is 56.4 Å². The molecule has 2 rings (SSSR count). The predicted octanol–water partition coefficient (Wildman–Crippen LogP) is 3.07. The van der Waals surface area contributed by atoms with Crippen molar-refractivity contribution < 1.29 is 14.2 Å². The monoisotopic (exact) mass is 414 g/mol. The van der Waals surface area contributed by atoms with E-state index in [4.69, 9.17) is 19.2 Å². The number of rotatable bonds is 10. The van der Waals surface area contributed by atoms with Crippen molar-refractivity contribution in [2.45, 2.75) is 19.5 Å². The molecule has 2 aromatic rings. The number of aliphatic imine (C=N–C) groups is 1. The Morgan fingerprint density at radius 1 is 0.967 bits per heavy atom. The number of ether oxygens (including phenoxy) is 3. The number of hydrogen-bond acceptors (Lipinski definition) is 5. The van der Waals surface area contributed by atoms with Gasteiger partial charge in [0, 0.05) is 13.1 Å². The summed E-state index contributed by atoms with van der Waals surface area (Å²) in [4.78, 5) is 6.91. The van der Waals surface area contributed by atoms with E-state index in [1.165, 1.54) is 5.56 Å². The molecular weight excluding hydrogens is 380 g/mol. The molecule has 0 bridgehead atoms. The molecule has 1 unspecified atom stereocenters. The SMILES string of the molecule is CCNC(=NCc1ccc(OC)c(OC)c1)NCC(c1cccc(OC)c1)N(C)C. The number of likely N-dealkylation sites (N-methyl/N-ethyl adjacent to an activating group) is 1. The first-order valence-corrected chi connectivity index (χ1v) is 10.1. The van der Waals surface area contributed by atoms with Gasteiger partial charge in [-0.3, -0.25) is 0 Å². The lowest BCUT2D eigenvalue weighted by molar-refractivity contribution is 0.297. The molecule has 7 heteroatoms. The van der Waals surface area contributed by atoms with Gasteiger partial charge in [0.2, 0.25) is 0 Å². The maximum atomic E-state index is 5.38. The van der Waals surface area contributed by atoms with Crippen LogP contribution in [0, 0.1) is 0 Å². The van der Waals surface area contributed by atoms with E-state index < -0.39 is 0 Å². The second kappa shape index (κ2) is 11.9. The fourth-order valence-corrected chi connectivity index (χ4v) is 3.13. The summed E-state index contributed by atoms with van der Waals surface area (Å²) in [6, 6.07) is 14.2. The molecule has 7 nitrogen and oxygen atoms in total. The molecule has 0 radical (unpaired) electrons. The summed E-state index contributed by atoms with van der Waals surface area (Å²) >= 11 is 0. The van der Waals surface area contributed by atoms with Crippen molar-refractivity contribution in [3.8, 4) is 17.2 Å². The Balaban J connectivity index is 2.11. The van der Waals surface area contributed by atoms with E-state index in [1.807, 2.05) is 30.3 Å². The Morgan fingerprint density at radius 3 is 2.37 bits per heavy atom. The Labute approximate surface area is 180 Å². The molecule has 2 aromatic carbocycles. The van der Waals surface area contributed by atoms with Gasteiger partial charge < -0.3 is 29.7 Å². The molecular formula is C23H34N4O3. The highest BCUT2D eigenvalue weighted by Gasteiger charge is 2.15. The van der Waals surface area contributed by atoms with Crippen LogP contribution in [0.1, 0.15) is 24.1 Å². The van der Waals surface area contributed by atoms with Crippen molar-refractivity contribution in [3.63, 3.8) is 0 Å². The van der Waals surface area contributed by atoms with Gasteiger partial charge in [-0.25, -0.2) is 4.99 Å². The normalized spacial score (nSPS) is 12.4. The minimum atomic E-state index is 0.171. The van der Waals surface area contributed by atoms with Crippen LogP contribution in [-0.2, 0) is 6.54 Å². The third kappa shape index (κ3) is 6.56. The largest absolute Gasteiger partial charge is 0.497 e. The van der Waals surface area contributed by atoms with Gasteiger partial charge in [0.05, 0.1) is 33.9 Å². The summed E-state index contributed by atoms with van der Waals surface area (Å²) < 4.78 is 16.1. The first kappa shape index (κ1) is 23.3. The summed E-state index contributed by atoms with van der Waals surface area (Å²) in [7, 11) is 9.09. The van der Waals surface area contributed by atoms with E-state index in [1.54, 1.807) is 21.3 Å². The van der Waals surface area contributed by atoms with Crippen LogP contribution >= 0.6 is 0 Å². The number of hydrogen-bond donors (Lipinski definition) is 2. The summed E-state index contributed by atoms with van der Waals surface area (Å²) in [5.41, 5.74) is 2.23. The molecule has 2 N–H and O–H groups in total. The zero-order valence-corrected chi connectivity index (χ0v) is 18.9. The van der Waals surface area contributed by atoms with Gasteiger partial charge in [-0.2, -0.15) is 0 Å². The molecule has 0 aliphatic carbocycles. The summed E-state index contributed by atoms with van der Waals surface area (Å²) in [5.74, 6) is 3.03. The van der Waals surface area contributed by atoms with Gasteiger partial charge in [0.15, 0.2) is 17.5 Å². The van der Waals surface area contributed by atoms with Crippen LogP contribution in [0.2, 0.25) is 0 Å². The van der Waals surface area contributed by atoms with Crippen molar-refractivity contribution in [2.24, 2.45) is 4.99 Å². The minimum Gasteiger partial charge on any atom is -0.497 e. The minimum absolute atomic E-state index is 0.171. The quantitative estimate of drug-likeness (QED) is 0.460. The highest BCUT2D eigenvalue weighted by Crippen LogP contribution is 2.27. The number of nitrogens with one attached hydrogen (secondary N) is 2. The lowest BCUT2D eigenvalue weighted by Gasteiger charge is -2.26. The van der Waals surface area contributed by atoms with Crippen LogP contribution in [0.4, 0.5) is 0 Å². The number of nitrogens with zero attached hydrogens (tertiary/aromatic N) is 2. The molecule has 0 spiro atoms. The van der Waals surface area contributed by atoms with Crippen LogP contribution in [-0.4, -0.2) is 59.4 Å². The molecule has 0 saturated heterocycles. The standard InChI is InChI=1S/C23H34N4O3/c1-7-24-23(25-15-17-11-12-21(29-5)22(13-17)30-6)26-16-20(27(2)3)18-9-8-10-19(14-18)28-4/h8-14,20H,7,15-16H2,1-6H3,(H2,24,25,26). The number of methoxy groups -OCH3 is 3. The van der Waals surface area contributed by atoms with E-state index in [0.29, 0.717) is 24.6 Å². The molecule has 0 saturated carbocycles. The zero-order valence-electron chi connectivity index (χ0n) is 18.9. The third-order valence-electron chi connectivity index (χ3n) is 4.78. The Morgan fingerprint density at radius 2 is 1.73 bits per heavy atom. The number of guanidine groups is 1. The summed E-state index contributed by atoms with van der Waals surface area (Å²) in [5, 5.41) is 6.77. The van der Waals surface area contributed by atoms with Crippen LogP contribution in [0.5, 0.6) is 17.2 Å². The van der Waals surface area contributed by atoms with E-state index in [2.05, 4.69) is 48.7 Å². The maximum absolute atomic E-state index is 5.38. The Hall–Kier alpha value is -2.93. The van der Waals surface area contributed by atoms with Gasteiger partial charge in [-0.1, -0.05) is 18.2 Å².